The van der Waals surface area contributed by atoms with E-state index in [0.717, 1.165) is 10.5 Å². The summed E-state index contributed by atoms with van der Waals surface area (Å²) in [5, 5.41) is 2.13. The maximum Gasteiger partial charge on any atom is 0.159 e. The summed E-state index contributed by atoms with van der Waals surface area (Å²) in [7, 11) is 0. The van der Waals surface area contributed by atoms with Crippen LogP contribution in [0.5, 0.6) is 0 Å². The fourth-order valence-corrected chi connectivity index (χ4v) is 3.24. The Kier molecular flexibility index (Phi) is 2.25. The molecule has 1 aliphatic rings. The molecule has 1 aromatic rings. The highest BCUT2D eigenvalue weighted by Crippen LogP contribution is 2.63. The summed E-state index contributed by atoms with van der Waals surface area (Å²) in [6, 6.07) is 0. The fraction of sp³-hybridized carbons (Fsp3) is 0.667. The molecule has 2 atom stereocenters. The molecule has 1 heterocycles. The van der Waals surface area contributed by atoms with Crippen molar-refractivity contribution in [2.45, 2.75) is 19.8 Å². The number of aromatic nitrogens is 1. The lowest BCUT2D eigenvalue weighted by molar-refractivity contribution is 0.557. The monoisotopic (exact) mass is 260 g/mol. The lowest BCUT2D eigenvalue weighted by Gasteiger charge is -1.98. The Bertz CT molecular complexity index is 321. The molecule has 2 nitrogen and oxygen atoms in total. The van der Waals surface area contributed by atoms with E-state index in [4.69, 9.17) is 5.73 Å². The van der Waals surface area contributed by atoms with E-state index in [2.05, 4.69) is 40.1 Å². The SMILES string of the molecule is CC1(C)[C@H](CN)[C@H]1c1csc(Br)n1. The summed E-state index contributed by atoms with van der Waals surface area (Å²) in [5.41, 5.74) is 7.26. The van der Waals surface area contributed by atoms with Gasteiger partial charge in [-0.3, -0.25) is 0 Å². The zero-order valence-electron chi connectivity index (χ0n) is 7.75. The Morgan fingerprint density at radius 1 is 1.69 bits per heavy atom. The lowest BCUT2D eigenvalue weighted by Crippen LogP contribution is -2.05. The zero-order chi connectivity index (χ0) is 9.64. The zero-order valence-corrected chi connectivity index (χ0v) is 10.2. The van der Waals surface area contributed by atoms with E-state index in [0.29, 0.717) is 17.3 Å². The second kappa shape index (κ2) is 3.04. The van der Waals surface area contributed by atoms with Gasteiger partial charge in [0.05, 0.1) is 5.69 Å². The molecule has 72 valence electrons. The first-order valence-electron chi connectivity index (χ1n) is 4.38. The normalized spacial score (nSPS) is 30.5. The van der Waals surface area contributed by atoms with Crippen molar-refractivity contribution in [3.63, 3.8) is 0 Å². The molecule has 1 saturated carbocycles. The number of hydrogen-bond acceptors (Lipinski definition) is 3. The molecule has 0 saturated heterocycles. The third-order valence-corrected chi connectivity index (χ3v) is 4.50. The topological polar surface area (TPSA) is 38.9 Å². The first-order chi connectivity index (χ1) is 6.07. The van der Waals surface area contributed by atoms with E-state index in [1.54, 1.807) is 11.3 Å². The maximum atomic E-state index is 5.71. The van der Waals surface area contributed by atoms with Crippen molar-refractivity contribution in [2.24, 2.45) is 17.1 Å². The van der Waals surface area contributed by atoms with Crippen LogP contribution in [0.2, 0.25) is 0 Å². The van der Waals surface area contributed by atoms with Crippen LogP contribution >= 0.6 is 27.3 Å². The van der Waals surface area contributed by atoms with Gasteiger partial charge in [0.1, 0.15) is 0 Å². The molecule has 0 bridgehead atoms. The molecule has 13 heavy (non-hydrogen) atoms. The largest absolute Gasteiger partial charge is 0.330 e. The summed E-state index contributed by atoms with van der Waals surface area (Å²) >= 11 is 5.03. The van der Waals surface area contributed by atoms with Crippen molar-refractivity contribution in [1.29, 1.82) is 0 Å². The van der Waals surface area contributed by atoms with Gasteiger partial charge in [0.15, 0.2) is 3.92 Å². The smallest absolute Gasteiger partial charge is 0.159 e. The first kappa shape index (κ1) is 9.62. The van der Waals surface area contributed by atoms with Gasteiger partial charge in [-0.2, -0.15) is 0 Å². The predicted octanol–water partition coefficient (Wildman–Crippen LogP) is 2.60. The number of hydrogen-bond donors (Lipinski definition) is 1. The first-order valence-corrected chi connectivity index (χ1v) is 6.05. The van der Waals surface area contributed by atoms with Crippen LogP contribution < -0.4 is 5.73 Å². The number of thiazole rings is 1. The van der Waals surface area contributed by atoms with Crippen LogP contribution in [0.1, 0.15) is 25.5 Å². The second-order valence-corrected chi connectivity index (χ2v) is 6.30. The summed E-state index contributed by atoms with van der Waals surface area (Å²) in [5.74, 6) is 1.18. The van der Waals surface area contributed by atoms with Crippen molar-refractivity contribution in [2.75, 3.05) is 6.54 Å². The molecule has 0 radical (unpaired) electrons. The van der Waals surface area contributed by atoms with Gasteiger partial charge in [-0.1, -0.05) is 13.8 Å². The molecule has 0 unspecified atom stereocenters. The third kappa shape index (κ3) is 1.45. The summed E-state index contributed by atoms with van der Waals surface area (Å²) in [4.78, 5) is 4.45. The molecule has 1 fully saturated rings. The van der Waals surface area contributed by atoms with Crippen LogP contribution in [0.4, 0.5) is 0 Å². The van der Waals surface area contributed by atoms with E-state index < -0.39 is 0 Å². The molecule has 4 heteroatoms. The molecule has 2 N–H and O–H groups in total. The number of nitrogens with zero attached hydrogens (tertiary/aromatic N) is 1. The lowest BCUT2D eigenvalue weighted by atomic mass is 10.1. The number of halogens is 1. The van der Waals surface area contributed by atoms with Gasteiger partial charge in [-0.25, -0.2) is 4.98 Å². The van der Waals surface area contributed by atoms with Crippen LogP contribution in [0.3, 0.4) is 0 Å². The van der Waals surface area contributed by atoms with Gasteiger partial charge in [0, 0.05) is 11.3 Å². The molecular weight excluding hydrogens is 248 g/mol. The van der Waals surface area contributed by atoms with Crippen LogP contribution in [0.25, 0.3) is 0 Å². The highest BCUT2D eigenvalue weighted by atomic mass is 79.9. The van der Waals surface area contributed by atoms with Gasteiger partial charge < -0.3 is 5.73 Å². The van der Waals surface area contributed by atoms with Crippen molar-refractivity contribution >= 4 is 27.3 Å². The van der Waals surface area contributed by atoms with Crippen LogP contribution in [-0.2, 0) is 0 Å². The Morgan fingerprint density at radius 3 is 2.77 bits per heavy atom. The molecule has 1 aliphatic carbocycles. The highest BCUT2D eigenvalue weighted by Gasteiger charge is 2.58. The summed E-state index contributed by atoms with van der Waals surface area (Å²) in [6.45, 7) is 5.30. The van der Waals surface area contributed by atoms with Crippen LogP contribution in [0.15, 0.2) is 9.30 Å². The van der Waals surface area contributed by atoms with E-state index in [9.17, 15) is 0 Å². The van der Waals surface area contributed by atoms with Gasteiger partial charge in [-0.15, -0.1) is 11.3 Å². The minimum absolute atomic E-state index is 0.349. The van der Waals surface area contributed by atoms with Crippen molar-refractivity contribution in [3.8, 4) is 0 Å². The third-order valence-electron chi connectivity index (χ3n) is 3.12. The molecule has 0 aromatic carbocycles. The minimum Gasteiger partial charge on any atom is -0.330 e. The predicted molar refractivity (Wildman–Crippen MR) is 58.9 cm³/mol. The van der Waals surface area contributed by atoms with Gasteiger partial charge >= 0.3 is 0 Å². The van der Waals surface area contributed by atoms with E-state index in [1.165, 1.54) is 5.69 Å². The van der Waals surface area contributed by atoms with Gasteiger partial charge in [0.2, 0.25) is 0 Å². The van der Waals surface area contributed by atoms with Crippen molar-refractivity contribution in [3.05, 3.63) is 15.0 Å². The van der Waals surface area contributed by atoms with Gasteiger partial charge in [-0.05, 0) is 33.8 Å². The average molecular weight is 261 g/mol. The Hall–Kier alpha value is 0.0700. The van der Waals surface area contributed by atoms with Crippen LogP contribution in [-0.4, -0.2) is 11.5 Å². The molecule has 1 aromatic heterocycles. The summed E-state index contributed by atoms with van der Waals surface area (Å²) < 4.78 is 0.973. The molecular formula is C9H13BrN2S. The Balaban J connectivity index is 2.21. The van der Waals surface area contributed by atoms with Crippen molar-refractivity contribution in [1.82, 2.24) is 4.98 Å². The quantitative estimate of drug-likeness (QED) is 0.888. The second-order valence-electron chi connectivity index (χ2n) is 4.17. The number of rotatable bonds is 2. The molecule has 0 amide bonds. The molecule has 0 spiro atoms. The highest BCUT2D eigenvalue weighted by molar-refractivity contribution is 9.11. The van der Waals surface area contributed by atoms with E-state index in [1.807, 2.05) is 0 Å². The van der Waals surface area contributed by atoms with E-state index >= 15 is 0 Å². The van der Waals surface area contributed by atoms with Crippen molar-refractivity contribution < 1.29 is 0 Å². The Morgan fingerprint density at radius 2 is 2.38 bits per heavy atom. The standard InChI is InChI=1S/C9H13BrN2S/c1-9(2)5(3-11)7(9)6-4-13-8(10)12-6/h4-5,7H,3,11H2,1-2H3/t5-,7+/m1/s1. The Labute approximate surface area is 90.7 Å². The maximum absolute atomic E-state index is 5.71. The van der Waals surface area contributed by atoms with Gasteiger partial charge in [0.25, 0.3) is 0 Å². The number of nitrogens with two attached hydrogens (primary N) is 1. The fourth-order valence-electron chi connectivity index (χ4n) is 2.18. The molecule has 0 aliphatic heterocycles. The average Bonchev–Trinajstić information content (AvgIpc) is 2.41. The van der Waals surface area contributed by atoms with E-state index in [-0.39, 0.29) is 0 Å². The summed E-state index contributed by atoms with van der Waals surface area (Å²) in [6.07, 6.45) is 0. The molecule has 2 rings (SSSR count). The minimum atomic E-state index is 0.349. The van der Waals surface area contributed by atoms with Crippen LogP contribution in [0, 0.1) is 11.3 Å².